The number of rotatable bonds is 14. The summed E-state index contributed by atoms with van der Waals surface area (Å²) in [6.45, 7) is 5.35. The molecular weight excluding hydrogens is 433 g/mol. The summed E-state index contributed by atoms with van der Waals surface area (Å²) in [7, 11) is 0. The molecule has 0 N–H and O–H groups in total. The van der Waals surface area contributed by atoms with Crippen LogP contribution in [0.3, 0.4) is 0 Å². The van der Waals surface area contributed by atoms with E-state index in [1.54, 1.807) is 0 Å². The molecule has 2 nitrogen and oxygen atoms in total. The topological polar surface area (TPSA) is 22.1 Å². The van der Waals surface area contributed by atoms with Gasteiger partial charge in [-0.3, -0.25) is 0 Å². The predicted molar refractivity (Wildman–Crippen MR) is 131 cm³/mol. The van der Waals surface area contributed by atoms with Crippen LogP contribution >= 0.6 is 0 Å². The Hall–Kier alpha value is -1.57. The fourth-order valence-corrected chi connectivity index (χ4v) is 5.77. The van der Waals surface area contributed by atoms with Crippen molar-refractivity contribution < 1.29 is 4.74 Å². The summed E-state index contributed by atoms with van der Waals surface area (Å²) in [6.07, 6.45) is 14.2. The molecule has 1 heterocycles. The van der Waals surface area contributed by atoms with E-state index < -0.39 is 0 Å². The van der Waals surface area contributed by atoms with Gasteiger partial charge in [0, 0.05) is 0 Å². The van der Waals surface area contributed by atoms with Gasteiger partial charge in [-0.25, -0.2) is 0 Å². The van der Waals surface area contributed by atoms with E-state index >= 15 is 0 Å². The molecule has 0 spiro atoms. The molecule has 0 aliphatic carbocycles. The number of fused-ring (bicyclic) bond motifs is 1. The summed E-state index contributed by atoms with van der Waals surface area (Å²) in [4.78, 5) is 4.97. The molecule has 0 bridgehead atoms. The molecule has 0 fully saturated rings. The first-order valence-corrected chi connectivity index (χ1v) is 13.6. The Morgan fingerprint density at radius 1 is 0.767 bits per heavy atom. The van der Waals surface area contributed by atoms with E-state index in [4.69, 9.17) is 9.72 Å². The first kappa shape index (κ1) is 23.1. The summed E-state index contributed by atoms with van der Waals surface area (Å²) in [5, 5.41) is 0. The molecule has 0 atom stereocenters. The van der Waals surface area contributed by atoms with Crippen molar-refractivity contribution in [3.63, 3.8) is 0 Å². The van der Waals surface area contributed by atoms with E-state index in [0.29, 0.717) is 14.5 Å². The molecule has 0 radical (unpaired) electrons. The summed E-state index contributed by atoms with van der Waals surface area (Å²) in [5.74, 6) is 0.977. The van der Waals surface area contributed by atoms with Gasteiger partial charge in [0.25, 0.3) is 0 Å². The van der Waals surface area contributed by atoms with Crippen molar-refractivity contribution in [3.05, 3.63) is 48.0 Å². The van der Waals surface area contributed by atoms with Crippen molar-refractivity contribution in [2.45, 2.75) is 84.5 Å². The van der Waals surface area contributed by atoms with Gasteiger partial charge in [0.2, 0.25) is 0 Å². The Labute approximate surface area is 188 Å². The van der Waals surface area contributed by atoms with Crippen LogP contribution in [0, 0.1) is 0 Å². The van der Waals surface area contributed by atoms with Crippen molar-refractivity contribution in [3.8, 4) is 15.9 Å². The molecule has 1 aromatic heterocycles. The van der Waals surface area contributed by atoms with Crippen LogP contribution < -0.4 is 4.74 Å². The number of hydrogen-bond donors (Lipinski definition) is 0. The summed E-state index contributed by atoms with van der Waals surface area (Å²) in [6, 6.07) is 15.5. The molecule has 0 aliphatic heterocycles. The fraction of sp³-hybridized carbons (Fsp3) is 0.519. The van der Waals surface area contributed by atoms with Crippen LogP contribution in [-0.4, -0.2) is 26.1 Å². The van der Waals surface area contributed by atoms with Crippen LogP contribution in [0.1, 0.15) is 83.6 Å². The van der Waals surface area contributed by atoms with Gasteiger partial charge in [-0.1, -0.05) is 13.3 Å². The van der Waals surface area contributed by atoms with Gasteiger partial charge in [-0.15, -0.1) is 0 Å². The number of unbranched alkanes of at least 4 members (excludes halogenated alkanes) is 8. The first-order chi connectivity index (χ1) is 14.8. The zero-order valence-corrected chi connectivity index (χ0v) is 20.5. The molecule has 3 heteroatoms. The van der Waals surface area contributed by atoms with E-state index in [2.05, 4.69) is 56.3 Å². The Morgan fingerprint density at radius 2 is 1.47 bits per heavy atom. The van der Waals surface area contributed by atoms with E-state index in [9.17, 15) is 0 Å². The summed E-state index contributed by atoms with van der Waals surface area (Å²) < 4.78 is 8.58. The Morgan fingerprint density at radius 3 is 2.23 bits per heavy atom. The van der Waals surface area contributed by atoms with Gasteiger partial charge in [-0.05, 0) is 0 Å². The van der Waals surface area contributed by atoms with Gasteiger partial charge in [0.1, 0.15) is 0 Å². The van der Waals surface area contributed by atoms with Crippen LogP contribution in [-0.2, 0) is 6.42 Å². The zero-order chi connectivity index (χ0) is 21.0. The molecular formula is C27H37NOSe. The van der Waals surface area contributed by atoms with E-state index in [-0.39, 0.29) is 0 Å². The van der Waals surface area contributed by atoms with Crippen LogP contribution in [0.2, 0.25) is 0 Å². The Balaban J connectivity index is 1.51. The van der Waals surface area contributed by atoms with Gasteiger partial charge in [0.05, 0.1) is 0 Å². The fourth-order valence-electron chi connectivity index (χ4n) is 3.77. The van der Waals surface area contributed by atoms with Crippen molar-refractivity contribution >= 4 is 24.3 Å². The maximum atomic E-state index is 5.93. The molecule has 30 heavy (non-hydrogen) atoms. The molecule has 0 unspecified atom stereocenters. The third-order valence-corrected chi connectivity index (χ3v) is 7.92. The van der Waals surface area contributed by atoms with Gasteiger partial charge < -0.3 is 0 Å². The van der Waals surface area contributed by atoms with E-state index in [0.717, 1.165) is 18.8 Å². The monoisotopic (exact) mass is 471 g/mol. The second-order valence-electron chi connectivity index (χ2n) is 8.27. The number of aromatic nitrogens is 1. The SMILES string of the molecule is CCCCCCCCOc1ccc(-c2nc3cc(CCCCCC)ccc3[se]2)cc1. The predicted octanol–water partition coefficient (Wildman–Crippen LogP) is 7.82. The quantitative estimate of drug-likeness (QED) is 0.177. The number of ether oxygens (including phenoxy) is 1. The number of hydrogen-bond acceptors (Lipinski definition) is 2. The maximum absolute atomic E-state index is 5.93. The minimum absolute atomic E-state index is 0.303. The normalized spacial score (nSPS) is 11.3. The van der Waals surface area contributed by atoms with Gasteiger partial charge in [0.15, 0.2) is 0 Å². The second kappa shape index (κ2) is 13.0. The summed E-state index contributed by atoms with van der Waals surface area (Å²) >= 11 is 0.303. The molecule has 2 aromatic carbocycles. The average molecular weight is 471 g/mol. The van der Waals surface area contributed by atoms with Gasteiger partial charge in [-0.2, -0.15) is 0 Å². The third-order valence-electron chi connectivity index (χ3n) is 5.64. The average Bonchev–Trinajstić information content (AvgIpc) is 3.20. The van der Waals surface area contributed by atoms with E-state index in [1.165, 1.54) is 89.7 Å². The molecule has 3 aromatic rings. The molecule has 162 valence electrons. The molecule has 0 amide bonds. The molecule has 0 saturated carbocycles. The van der Waals surface area contributed by atoms with E-state index in [1.807, 2.05) is 0 Å². The van der Waals surface area contributed by atoms with Crippen LogP contribution in [0.25, 0.3) is 19.9 Å². The number of nitrogens with zero attached hydrogens (tertiary/aromatic N) is 1. The van der Waals surface area contributed by atoms with Crippen LogP contribution in [0.15, 0.2) is 42.5 Å². The molecule has 0 saturated heterocycles. The van der Waals surface area contributed by atoms with Gasteiger partial charge >= 0.3 is 176 Å². The number of aryl methyl sites for hydroxylation is 1. The zero-order valence-electron chi connectivity index (χ0n) is 18.8. The molecule has 0 aliphatic rings. The van der Waals surface area contributed by atoms with Crippen molar-refractivity contribution in [2.75, 3.05) is 6.61 Å². The van der Waals surface area contributed by atoms with Crippen LogP contribution in [0.4, 0.5) is 0 Å². The van der Waals surface area contributed by atoms with Crippen molar-refractivity contribution in [1.82, 2.24) is 4.98 Å². The second-order valence-corrected chi connectivity index (χ2v) is 10.4. The standard InChI is InChI=1S/C27H37NOSe/c1-3-5-7-9-10-12-20-29-24-17-15-23(16-18-24)27-28-25-21-22(13-11-8-6-4-2)14-19-26(25)30-27/h14-19,21H,3-13,20H2,1-2H3. The minimum atomic E-state index is 0.303. The number of benzene rings is 2. The Kier molecular flexibility index (Phi) is 9.99. The van der Waals surface area contributed by atoms with Crippen LogP contribution in [0.5, 0.6) is 5.75 Å². The molecule has 3 rings (SSSR count). The van der Waals surface area contributed by atoms with Crippen molar-refractivity contribution in [2.24, 2.45) is 0 Å². The Bertz CT molecular complexity index is 868. The first-order valence-electron chi connectivity index (χ1n) is 11.9. The van der Waals surface area contributed by atoms with Crippen molar-refractivity contribution in [1.29, 1.82) is 0 Å². The third kappa shape index (κ3) is 7.29. The summed E-state index contributed by atoms with van der Waals surface area (Å²) in [5.41, 5.74) is 3.87.